The zero-order chi connectivity index (χ0) is 27.8. The standard InChI is InChI=1S/C30H44BFO4Si/c1-20(2)37(21(3)4,22(5)6)17-14-25-27(32)13-12-23-18-24(34-16-15-33-11)19-26(28(23)25)31-35-29(7,8)30(9,10)36-31/h12-13,18-22H,15-16H2,1-11H3. The van der Waals surface area contributed by atoms with Gasteiger partial charge in [0.1, 0.15) is 26.2 Å². The van der Waals surface area contributed by atoms with Crippen LogP contribution in [0.15, 0.2) is 24.3 Å². The van der Waals surface area contributed by atoms with Gasteiger partial charge < -0.3 is 18.8 Å². The summed E-state index contributed by atoms with van der Waals surface area (Å²) in [6, 6.07) is 7.12. The lowest BCUT2D eigenvalue weighted by molar-refractivity contribution is 0.00578. The summed E-state index contributed by atoms with van der Waals surface area (Å²) in [4.78, 5) is 0. The first-order valence-electron chi connectivity index (χ1n) is 13.4. The SMILES string of the molecule is COCCOc1cc(B2OC(C)(C)C(C)(C)O2)c2c(C#C[Si](C(C)C)(C(C)C)C(C)C)c(F)ccc2c1. The van der Waals surface area contributed by atoms with Crippen molar-refractivity contribution in [1.29, 1.82) is 0 Å². The third kappa shape index (κ3) is 5.64. The van der Waals surface area contributed by atoms with Crippen molar-refractivity contribution >= 4 is 31.4 Å². The van der Waals surface area contributed by atoms with E-state index in [0.717, 1.165) is 16.2 Å². The summed E-state index contributed by atoms with van der Waals surface area (Å²) in [6.45, 7) is 22.5. The van der Waals surface area contributed by atoms with Gasteiger partial charge in [-0.15, -0.1) is 5.54 Å². The number of hydrogen-bond donors (Lipinski definition) is 0. The Morgan fingerprint density at radius 1 is 0.919 bits per heavy atom. The van der Waals surface area contributed by atoms with E-state index in [-0.39, 0.29) is 5.82 Å². The molecule has 0 saturated carbocycles. The normalized spacial score (nSPS) is 17.1. The molecule has 202 valence electrons. The fraction of sp³-hybridized carbons (Fsp3) is 0.600. The molecule has 2 aromatic carbocycles. The topological polar surface area (TPSA) is 36.9 Å². The Morgan fingerprint density at radius 3 is 2.00 bits per heavy atom. The number of fused-ring (bicyclic) bond motifs is 1. The second kappa shape index (κ2) is 11.1. The molecule has 0 N–H and O–H groups in total. The van der Waals surface area contributed by atoms with E-state index in [1.54, 1.807) is 13.2 Å². The summed E-state index contributed by atoms with van der Waals surface area (Å²) in [5.74, 6) is 3.72. The summed E-state index contributed by atoms with van der Waals surface area (Å²) in [5.41, 5.74) is 5.11. The zero-order valence-corrected chi connectivity index (χ0v) is 25.5. The van der Waals surface area contributed by atoms with E-state index in [2.05, 4.69) is 53.0 Å². The Hall–Kier alpha value is -1.85. The van der Waals surface area contributed by atoms with Crippen molar-refractivity contribution in [2.24, 2.45) is 0 Å². The largest absolute Gasteiger partial charge is 0.495 e. The maximum Gasteiger partial charge on any atom is 0.495 e. The van der Waals surface area contributed by atoms with Crippen LogP contribution in [0.4, 0.5) is 4.39 Å². The first kappa shape index (κ1) is 29.7. The molecule has 0 spiro atoms. The number of rotatable bonds is 8. The van der Waals surface area contributed by atoms with Crippen molar-refractivity contribution in [3.8, 4) is 17.2 Å². The molecule has 0 radical (unpaired) electrons. The van der Waals surface area contributed by atoms with Gasteiger partial charge in [-0.05, 0) is 73.4 Å². The number of benzene rings is 2. The maximum absolute atomic E-state index is 15.6. The minimum atomic E-state index is -2.08. The Kier molecular flexibility index (Phi) is 8.91. The van der Waals surface area contributed by atoms with Crippen molar-refractivity contribution < 1.29 is 23.2 Å². The molecule has 0 amide bonds. The van der Waals surface area contributed by atoms with Crippen LogP contribution >= 0.6 is 0 Å². The Balaban J connectivity index is 2.29. The van der Waals surface area contributed by atoms with Gasteiger partial charge in [0.05, 0.1) is 23.4 Å². The van der Waals surface area contributed by atoms with Gasteiger partial charge in [-0.25, -0.2) is 4.39 Å². The molecule has 1 aliphatic rings. The highest BCUT2D eigenvalue weighted by Gasteiger charge is 2.52. The number of ether oxygens (including phenoxy) is 2. The van der Waals surface area contributed by atoms with Gasteiger partial charge in [0.15, 0.2) is 0 Å². The molecular formula is C30H44BFO4Si. The number of methoxy groups -OCH3 is 1. The summed E-state index contributed by atoms with van der Waals surface area (Å²) < 4.78 is 39.6. The quantitative estimate of drug-likeness (QED) is 0.214. The highest BCUT2D eigenvalue weighted by molar-refractivity contribution is 6.90. The highest BCUT2D eigenvalue weighted by atomic mass is 28.3. The zero-order valence-electron chi connectivity index (χ0n) is 24.5. The van der Waals surface area contributed by atoms with Crippen molar-refractivity contribution in [1.82, 2.24) is 0 Å². The fourth-order valence-electron chi connectivity index (χ4n) is 5.65. The summed E-state index contributed by atoms with van der Waals surface area (Å²) in [7, 11) is -1.11. The van der Waals surface area contributed by atoms with Crippen molar-refractivity contribution in [3.63, 3.8) is 0 Å². The predicted octanol–water partition coefficient (Wildman–Crippen LogP) is 6.87. The molecular weight excluding hydrogens is 482 g/mol. The van der Waals surface area contributed by atoms with Gasteiger partial charge >= 0.3 is 7.12 Å². The van der Waals surface area contributed by atoms with E-state index in [9.17, 15) is 0 Å². The summed E-state index contributed by atoms with van der Waals surface area (Å²) in [6.07, 6.45) is 0. The van der Waals surface area contributed by atoms with Gasteiger partial charge in [-0.3, -0.25) is 0 Å². The molecule has 0 bridgehead atoms. The van der Waals surface area contributed by atoms with E-state index in [1.165, 1.54) is 6.07 Å². The first-order chi connectivity index (χ1) is 17.2. The van der Waals surface area contributed by atoms with Gasteiger partial charge in [-0.2, -0.15) is 0 Å². The van der Waals surface area contributed by atoms with Crippen molar-refractivity contribution in [3.05, 3.63) is 35.6 Å². The molecule has 1 heterocycles. The van der Waals surface area contributed by atoms with Crippen molar-refractivity contribution in [2.75, 3.05) is 20.3 Å². The molecule has 0 unspecified atom stereocenters. The number of halogens is 1. The molecule has 3 rings (SSSR count). The lowest BCUT2D eigenvalue weighted by atomic mass is 9.74. The molecule has 1 aliphatic heterocycles. The minimum absolute atomic E-state index is 0.329. The summed E-state index contributed by atoms with van der Waals surface area (Å²) >= 11 is 0. The fourth-order valence-corrected chi connectivity index (χ4v) is 10.9. The second-order valence-electron chi connectivity index (χ2n) is 12.1. The predicted molar refractivity (Wildman–Crippen MR) is 155 cm³/mol. The molecule has 2 aromatic rings. The van der Waals surface area contributed by atoms with Gasteiger partial charge in [0, 0.05) is 12.5 Å². The molecule has 0 aliphatic carbocycles. The molecule has 0 atom stereocenters. The van der Waals surface area contributed by atoms with Crippen molar-refractivity contribution in [2.45, 2.75) is 97.1 Å². The van der Waals surface area contributed by atoms with Crippen LogP contribution in [0.5, 0.6) is 5.75 Å². The van der Waals surface area contributed by atoms with Crippen LogP contribution in [0.3, 0.4) is 0 Å². The van der Waals surface area contributed by atoms with Gasteiger partial charge in [0.25, 0.3) is 0 Å². The maximum atomic E-state index is 15.6. The molecule has 1 saturated heterocycles. The third-order valence-corrected chi connectivity index (χ3v) is 14.7. The lowest BCUT2D eigenvalue weighted by Crippen LogP contribution is -2.43. The molecule has 37 heavy (non-hydrogen) atoms. The van der Waals surface area contributed by atoms with E-state index >= 15 is 4.39 Å². The lowest BCUT2D eigenvalue weighted by Gasteiger charge is -2.38. The van der Waals surface area contributed by atoms with E-state index in [4.69, 9.17) is 18.8 Å². The van der Waals surface area contributed by atoms with Crippen LogP contribution in [-0.4, -0.2) is 46.7 Å². The molecule has 1 fully saturated rings. The van der Waals surface area contributed by atoms with Crippen LogP contribution in [0, 0.1) is 17.3 Å². The Bertz CT molecular complexity index is 1140. The summed E-state index contributed by atoms with van der Waals surface area (Å²) in [5, 5.41) is 1.57. The van der Waals surface area contributed by atoms with Gasteiger partial charge in [0.2, 0.25) is 0 Å². The van der Waals surface area contributed by atoms with Crippen LogP contribution in [-0.2, 0) is 14.0 Å². The molecule has 7 heteroatoms. The average Bonchev–Trinajstić information content (AvgIpc) is 3.01. The average molecular weight is 527 g/mol. The minimum Gasteiger partial charge on any atom is -0.491 e. The van der Waals surface area contributed by atoms with Crippen LogP contribution in [0.25, 0.3) is 10.8 Å². The van der Waals surface area contributed by atoms with Crippen LogP contribution in [0.2, 0.25) is 16.6 Å². The third-order valence-electron chi connectivity index (χ3n) is 8.40. The van der Waals surface area contributed by atoms with Crippen LogP contribution in [0.1, 0.15) is 74.8 Å². The monoisotopic (exact) mass is 526 g/mol. The first-order valence-corrected chi connectivity index (χ1v) is 15.7. The van der Waals surface area contributed by atoms with E-state index in [0.29, 0.717) is 41.2 Å². The molecule has 0 aromatic heterocycles. The smallest absolute Gasteiger partial charge is 0.491 e. The molecule has 4 nitrogen and oxygen atoms in total. The Morgan fingerprint density at radius 2 is 1.49 bits per heavy atom. The second-order valence-corrected chi connectivity index (χ2v) is 17.7. The highest BCUT2D eigenvalue weighted by Crippen LogP contribution is 2.41. The van der Waals surface area contributed by atoms with E-state index in [1.807, 2.05) is 39.8 Å². The van der Waals surface area contributed by atoms with Gasteiger partial charge in [-0.1, -0.05) is 53.5 Å². The van der Waals surface area contributed by atoms with Crippen LogP contribution < -0.4 is 10.2 Å². The van der Waals surface area contributed by atoms with E-state index < -0.39 is 26.4 Å². The number of hydrogen-bond acceptors (Lipinski definition) is 4. The Labute approximate surface area is 224 Å².